The third kappa shape index (κ3) is 8.93. The summed E-state index contributed by atoms with van der Waals surface area (Å²) >= 11 is 0. The van der Waals surface area contributed by atoms with Gasteiger partial charge >= 0.3 is 6.09 Å². The third-order valence-electron chi connectivity index (χ3n) is 7.59. The van der Waals surface area contributed by atoms with Crippen LogP contribution in [-0.4, -0.2) is 75.8 Å². The topological polar surface area (TPSA) is 129 Å². The smallest absolute Gasteiger partial charge is 0.410 e. The van der Waals surface area contributed by atoms with Crippen molar-refractivity contribution in [2.24, 2.45) is 5.92 Å². The minimum absolute atomic E-state index is 0.0636. The third-order valence-corrected chi connectivity index (χ3v) is 7.59. The lowest BCUT2D eigenvalue weighted by Crippen LogP contribution is -2.44. The molecule has 242 valence electrons. The molecular weight excluding hydrogens is 578 g/mol. The van der Waals surface area contributed by atoms with Crippen LogP contribution in [0.15, 0.2) is 53.1 Å². The first-order valence-electron chi connectivity index (χ1n) is 15.0. The summed E-state index contributed by atoms with van der Waals surface area (Å²) in [4.78, 5) is 40.6. The molecule has 3 aromatic rings. The summed E-state index contributed by atoms with van der Waals surface area (Å²) < 4.78 is 27.5. The van der Waals surface area contributed by atoms with E-state index in [0.717, 1.165) is 18.4 Å². The highest BCUT2D eigenvalue weighted by molar-refractivity contribution is 6.12. The number of benzene rings is 2. The van der Waals surface area contributed by atoms with Gasteiger partial charge in [0.15, 0.2) is 5.78 Å². The molecule has 11 heteroatoms. The van der Waals surface area contributed by atoms with Crippen LogP contribution in [0.4, 0.5) is 10.5 Å². The molecule has 1 aromatic heterocycles. The van der Waals surface area contributed by atoms with Crippen LogP contribution in [0.25, 0.3) is 0 Å². The van der Waals surface area contributed by atoms with E-state index in [1.807, 2.05) is 32.9 Å². The van der Waals surface area contributed by atoms with Crippen molar-refractivity contribution < 1.29 is 37.7 Å². The molecule has 0 unspecified atom stereocenters. The Kier molecular flexibility index (Phi) is 11.0. The molecule has 0 spiro atoms. The van der Waals surface area contributed by atoms with Gasteiger partial charge in [0.1, 0.15) is 34.9 Å². The number of furan rings is 1. The molecule has 1 aliphatic heterocycles. The molecule has 4 rings (SSSR count). The molecule has 1 aliphatic rings. The molecule has 1 fully saturated rings. The molecule has 2 heterocycles. The molecule has 1 saturated heterocycles. The number of methoxy groups -OCH3 is 3. The molecule has 0 bridgehead atoms. The van der Waals surface area contributed by atoms with Gasteiger partial charge in [-0.2, -0.15) is 0 Å². The molecule has 0 saturated carbocycles. The summed E-state index contributed by atoms with van der Waals surface area (Å²) in [6, 6.07) is 12.3. The van der Waals surface area contributed by atoms with Gasteiger partial charge in [-0.1, -0.05) is 6.07 Å². The molecule has 45 heavy (non-hydrogen) atoms. The Labute approximate surface area is 264 Å². The van der Waals surface area contributed by atoms with Gasteiger partial charge in [0.05, 0.1) is 39.1 Å². The van der Waals surface area contributed by atoms with Gasteiger partial charge < -0.3 is 38.9 Å². The second kappa shape index (κ2) is 14.9. The lowest BCUT2D eigenvalue weighted by atomic mass is 9.97. The molecular formula is C34H43N3O8. The van der Waals surface area contributed by atoms with E-state index in [0.29, 0.717) is 65.9 Å². The Morgan fingerprint density at radius 1 is 0.933 bits per heavy atom. The van der Waals surface area contributed by atoms with Crippen molar-refractivity contribution in [1.82, 2.24) is 10.2 Å². The van der Waals surface area contributed by atoms with Gasteiger partial charge in [0.2, 0.25) is 5.91 Å². The Hall–Kier alpha value is -4.67. The van der Waals surface area contributed by atoms with E-state index in [4.69, 9.17) is 23.4 Å². The number of piperidine rings is 1. The summed E-state index contributed by atoms with van der Waals surface area (Å²) in [6.45, 7) is 7.13. The molecule has 2 aromatic carbocycles. The number of hydrogen-bond donors (Lipinski definition) is 2. The fourth-order valence-electron chi connectivity index (χ4n) is 5.09. The van der Waals surface area contributed by atoms with E-state index < -0.39 is 5.60 Å². The minimum Gasteiger partial charge on any atom is -0.497 e. The van der Waals surface area contributed by atoms with Crippen LogP contribution in [0.1, 0.15) is 60.9 Å². The van der Waals surface area contributed by atoms with E-state index in [2.05, 4.69) is 10.6 Å². The number of amides is 2. The van der Waals surface area contributed by atoms with Crippen molar-refractivity contribution in [3.8, 4) is 17.2 Å². The largest absolute Gasteiger partial charge is 0.497 e. The quantitative estimate of drug-likeness (QED) is 0.259. The summed E-state index contributed by atoms with van der Waals surface area (Å²) in [5.74, 6) is 2.14. The number of anilines is 1. The normalized spacial score (nSPS) is 13.6. The number of ketones is 1. The zero-order chi connectivity index (χ0) is 32.6. The second-order valence-electron chi connectivity index (χ2n) is 11.9. The standard InChI is InChI=1S/C34H43N3O8/c1-34(2,3)45-33(40)37-15-13-22(14-16-37)19-35-30(38)20-36-31-27(32(39)23-7-10-25(41-4)11-8-23)21-44-29(31)17-24-9-12-26(42-5)18-28(24)43-6/h7-12,18,21-22,36H,13-17,19-20H2,1-6H3,(H,35,38). The van der Waals surface area contributed by atoms with Crippen LogP contribution in [-0.2, 0) is 16.0 Å². The van der Waals surface area contributed by atoms with Crippen LogP contribution in [0, 0.1) is 5.92 Å². The van der Waals surface area contributed by atoms with Gasteiger partial charge in [-0.05, 0) is 69.9 Å². The maximum absolute atomic E-state index is 13.5. The maximum Gasteiger partial charge on any atom is 0.410 e. The number of nitrogens with one attached hydrogen (secondary N) is 2. The van der Waals surface area contributed by atoms with Gasteiger partial charge in [0, 0.05) is 43.2 Å². The predicted octanol–water partition coefficient (Wildman–Crippen LogP) is 5.30. The summed E-state index contributed by atoms with van der Waals surface area (Å²) in [5.41, 5.74) is 1.49. The lowest BCUT2D eigenvalue weighted by molar-refractivity contribution is -0.119. The summed E-state index contributed by atoms with van der Waals surface area (Å²) in [7, 11) is 4.72. The van der Waals surface area contributed by atoms with Crippen molar-refractivity contribution in [3.63, 3.8) is 0 Å². The van der Waals surface area contributed by atoms with Crippen molar-refractivity contribution >= 4 is 23.5 Å². The second-order valence-corrected chi connectivity index (χ2v) is 11.9. The number of carbonyl (C=O) groups is 3. The molecule has 0 aliphatic carbocycles. The van der Waals surface area contributed by atoms with E-state index in [-0.39, 0.29) is 30.2 Å². The van der Waals surface area contributed by atoms with Crippen LogP contribution in [0.2, 0.25) is 0 Å². The van der Waals surface area contributed by atoms with Crippen molar-refractivity contribution in [2.45, 2.75) is 45.6 Å². The number of rotatable bonds is 12. The fourth-order valence-corrected chi connectivity index (χ4v) is 5.09. The lowest BCUT2D eigenvalue weighted by Gasteiger charge is -2.33. The van der Waals surface area contributed by atoms with Crippen LogP contribution in [0.5, 0.6) is 17.2 Å². The minimum atomic E-state index is -0.538. The molecule has 0 atom stereocenters. The monoisotopic (exact) mass is 621 g/mol. The first-order chi connectivity index (χ1) is 21.5. The van der Waals surface area contributed by atoms with E-state index in [1.165, 1.54) is 6.26 Å². The van der Waals surface area contributed by atoms with Crippen LogP contribution < -0.4 is 24.8 Å². The van der Waals surface area contributed by atoms with Gasteiger partial charge in [-0.15, -0.1) is 0 Å². The highest BCUT2D eigenvalue weighted by Gasteiger charge is 2.27. The first-order valence-corrected chi connectivity index (χ1v) is 15.0. The Morgan fingerprint density at radius 3 is 2.22 bits per heavy atom. The average molecular weight is 622 g/mol. The van der Waals surface area contributed by atoms with Crippen molar-refractivity contribution in [1.29, 1.82) is 0 Å². The number of ether oxygens (including phenoxy) is 4. The van der Waals surface area contributed by atoms with Gasteiger partial charge in [-0.25, -0.2) is 4.79 Å². The number of hydrogen-bond acceptors (Lipinski definition) is 9. The number of carbonyl (C=O) groups excluding carboxylic acids is 3. The number of nitrogens with zero attached hydrogens (tertiary/aromatic N) is 1. The predicted molar refractivity (Wildman–Crippen MR) is 170 cm³/mol. The SMILES string of the molecule is COc1ccc(C(=O)c2coc(Cc3ccc(OC)cc3OC)c2NCC(=O)NCC2CCN(C(=O)OC(C)(C)C)CC2)cc1. The van der Waals surface area contributed by atoms with Gasteiger partial charge in [-0.3, -0.25) is 9.59 Å². The van der Waals surface area contributed by atoms with E-state index in [9.17, 15) is 14.4 Å². The van der Waals surface area contributed by atoms with Crippen molar-refractivity contribution in [2.75, 3.05) is 52.8 Å². The van der Waals surface area contributed by atoms with E-state index in [1.54, 1.807) is 56.6 Å². The van der Waals surface area contributed by atoms with E-state index >= 15 is 0 Å². The van der Waals surface area contributed by atoms with Gasteiger partial charge in [0.25, 0.3) is 0 Å². The first kappa shape index (κ1) is 33.2. The van der Waals surface area contributed by atoms with Crippen LogP contribution >= 0.6 is 0 Å². The Bertz CT molecular complexity index is 1470. The number of likely N-dealkylation sites (tertiary alicyclic amines) is 1. The molecule has 2 N–H and O–H groups in total. The highest BCUT2D eigenvalue weighted by Crippen LogP contribution is 2.32. The summed E-state index contributed by atoms with van der Waals surface area (Å²) in [6.07, 6.45) is 2.95. The molecule has 2 amide bonds. The Morgan fingerprint density at radius 2 is 1.60 bits per heavy atom. The van der Waals surface area contributed by atoms with Crippen molar-refractivity contribution in [3.05, 3.63) is 71.2 Å². The average Bonchev–Trinajstić information content (AvgIpc) is 3.44. The molecule has 11 nitrogen and oxygen atoms in total. The zero-order valence-electron chi connectivity index (χ0n) is 26.9. The fraction of sp³-hybridized carbons (Fsp3) is 0.441. The molecule has 0 radical (unpaired) electrons. The highest BCUT2D eigenvalue weighted by atomic mass is 16.6. The zero-order valence-corrected chi connectivity index (χ0v) is 26.9. The maximum atomic E-state index is 13.5. The Balaban J connectivity index is 1.43. The summed E-state index contributed by atoms with van der Waals surface area (Å²) in [5, 5.41) is 6.15. The van der Waals surface area contributed by atoms with Crippen LogP contribution in [0.3, 0.4) is 0 Å².